The van der Waals surface area contributed by atoms with Gasteiger partial charge < -0.3 is 14.4 Å². The SMILES string of the molecule is COc1ccc2c(c1)C(C(=O)N1CCC(OCc3ccccc3C)CC1)CC2. The Bertz CT molecular complexity index is 839. The summed E-state index contributed by atoms with van der Waals surface area (Å²) in [4.78, 5) is 15.2. The Hall–Kier alpha value is -2.33. The van der Waals surface area contributed by atoms with Gasteiger partial charge in [0.15, 0.2) is 0 Å². The summed E-state index contributed by atoms with van der Waals surface area (Å²) in [5.41, 5.74) is 4.96. The predicted octanol–water partition coefficient (Wildman–Crippen LogP) is 4.24. The van der Waals surface area contributed by atoms with Crippen LogP contribution in [0, 0.1) is 6.92 Å². The van der Waals surface area contributed by atoms with E-state index in [1.807, 2.05) is 17.0 Å². The van der Waals surface area contributed by atoms with Crippen molar-refractivity contribution in [3.8, 4) is 5.75 Å². The zero-order chi connectivity index (χ0) is 19.5. The highest BCUT2D eigenvalue weighted by molar-refractivity contribution is 5.85. The van der Waals surface area contributed by atoms with E-state index < -0.39 is 0 Å². The fraction of sp³-hybridized carbons (Fsp3) is 0.458. The van der Waals surface area contributed by atoms with Gasteiger partial charge in [0.2, 0.25) is 5.91 Å². The van der Waals surface area contributed by atoms with Crippen LogP contribution in [0.3, 0.4) is 0 Å². The van der Waals surface area contributed by atoms with Gasteiger partial charge in [-0.1, -0.05) is 30.3 Å². The van der Waals surface area contributed by atoms with E-state index in [0.29, 0.717) is 6.61 Å². The van der Waals surface area contributed by atoms with Crippen molar-refractivity contribution in [2.45, 2.75) is 51.2 Å². The van der Waals surface area contributed by atoms with Crippen LogP contribution >= 0.6 is 0 Å². The summed E-state index contributed by atoms with van der Waals surface area (Å²) >= 11 is 0. The fourth-order valence-corrected chi connectivity index (χ4v) is 4.41. The largest absolute Gasteiger partial charge is 0.497 e. The van der Waals surface area contributed by atoms with E-state index in [1.54, 1.807) is 7.11 Å². The second kappa shape index (κ2) is 8.36. The Balaban J connectivity index is 1.32. The van der Waals surface area contributed by atoms with E-state index in [4.69, 9.17) is 9.47 Å². The van der Waals surface area contributed by atoms with Crippen LogP contribution in [0.5, 0.6) is 5.75 Å². The molecule has 4 rings (SSSR count). The van der Waals surface area contributed by atoms with Crippen molar-refractivity contribution in [3.63, 3.8) is 0 Å². The van der Waals surface area contributed by atoms with Crippen LogP contribution in [0.15, 0.2) is 42.5 Å². The second-order valence-electron chi connectivity index (χ2n) is 7.92. The number of likely N-dealkylation sites (tertiary alicyclic amines) is 1. The number of amides is 1. The zero-order valence-electron chi connectivity index (χ0n) is 16.8. The molecule has 0 aromatic heterocycles. The van der Waals surface area contributed by atoms with Crippen LogP contribution in [-0.4, -0.2) is 37.1 Å². The molecule has 1 saturated heterocycles. The van der Waals surface area contributed by atoms with Gasteiger partial charge in [-0.15, -0.1) is 0 Å². The van der Waals surface area contributed by atoms with Crippen molar-refractivity contribution in [1.82, 2.24) is 4.90 Å². The number of benzene rings is 2. The minimum Gasteiger partial charge on any atom is -0.497 e. The number of carbonyl (C=O) groups is 1. The third kappa shape index (κ3) is 3.93. The van der Waals surface area contributed by atoms with Crippen LogP contribution in [-0.2, 0) is 22.6 Å². The molecule has 1 heterocycles. The number of nitrogens with zero attached hydrogens (tertiary/aromatic N) is 1. The minimum absolute atomic E-state index is 0.0189. The molecule has 0 bridgehead atoms. The lowest BCUT2D eigenvalue weighted by Gasteiger charge is -2.33. The number of piperidine rings is 1. The number of ether oxygens (including phenoxy) is 2. The zero-order valence-corrected chi connectivity index (χ0v) is 16.8. The Morgan fingerprint density at radius 3 is 2.64 bits per heavy atom. The van der Waals surface area contributed by atoms with Crippen molar-refractivity contribution in [3.05, 3.63) is 64.7 Å². The van der Waals surface area contributed by atoms with Crippen LogP contribution in [0.4, 0.5) is 0 Å². The summed E-state index contributed by atoms with van der Waals surface area (Å²) in [6.07, 6.45) is 3.95. The van der Waals surface area contributed by atoms with E-state index in [9.17, 15) is 4.79 Å². The summed E-state index contributed by atoms with van der Waals surface area (Å²) in [5, 5.41) is 0. The number of hydrogen-bond donors (Lipinski definition) is 0. The van der Waals surface area contributed by atoms with Crippen molar-refractivity contribution < 1.29 is 14.3 Å². The maximum Gasteiger partial charge on any atom is 0.230 e. The van der Waals surface area contributed by atoms with Gasteiger partial charge in [0, 0.05) is 13.1 Å². The molecule has 2 aromatic carbocycles. The Morgan fingerprint density at radius 1 is 1.11 bits per heavy atom. The number of carbonyl (C=O) groups excluding carboxylic acids is 1. The predicted molar refractivity (Wildman–Crippen MR) is 110 cm³/mol. The number of rotatable bonds is 5. The summed E-state index contributed by atoms with van der Waals surface area (Å²) < 4.78 is 11.5. The van der Waals surface area contributed by atoms with Crippen LogP contribution in [0.2, 0.25) is 0 Å². The van der Waals surface area contributed by atoms with Crippen molar-refractivity contribution in [1.29, 1.82) is 0 Å². The third-order valence-corrected chi connectivity index (χ3v) is 6.22. The molecule has 1 aliphatic heterocycles. The first-order valence-electron chi connectivity index (χ1n) is 10.3. The molecule has 4 heteroatoms. The van der Waals surface area contributed by atoms with Crippen molar-refractivity contribution in [2.24, 2.45) is 0 Å². The van der Waals surface area contributed by atoms with Crippen molar-refractivity contribution in [2.75, 3.05) is 20.2 Å². The van der Waals surface area contributed by atoms with E-state index in [0.717, 1.165) is 50.1 Å². The van der Waals surface area contributed by atoms with Gasteiger partial charge in [-0.2, -0.15) is 0 Å². The van der Waals surface area contributed by atoms with E-state index in [-0.39, 0.29) is 17.9 Å². The molecule has 1 unspecified atom stereocenters. The Morgan fingerprint density at radius 2 is 1.89 bits per heavy atom. The first-order chi connectivity index (χ1) is 13.7. The van der Waals surface area contributed by atoms with E-state index >= 15 is 0 Å². The molecule has 1 atom stereocenters. The van der Waals surface area contributed by atoms with Crippen LogP contribution in [0.25, 0.3) is 0 Å². The van der Waals surface area contributed by atoms with E-state index in [1.165, 1.54) is 16.7 Å². The molecule has 1 fully saturated rings. The highest BCUT2D eigenvalue weighted by Gasteiger charge is 2.34. The fourth-order valence-electron chi connectivity index (χ4n) is 4.41. The van der Waals surface area contributed by atoms with Gasteiger partial charge in [0.25, 0.3) is 0 Å². The van der Waals surface area contributed by atoms with E-state index in [2.05, 4.69) is 37.3 Å². The molecule has 0 spiro atoms. The smallest absolute Gasteiger partial charge is 0.230 e. The molecule has 1 aliphatic carbocycles. The van der Waals surface area contributed by atoms with Gasteiger partial charge in [-0.3, -0.25) is 4.79 Å². The number of methoxy groups -OCH3 is 1. The van der Waals surface area contributed by atoms with Gasteiger partial charge in [-0.05, 0) is 67.0 Å². The summed E-state index contributed by atoms with van der Waals surface area (Å²) in [6, 6.07) is 14.5. The van der Waals surface area contributed by atoms with Gasteiger partial charge in [0.1, 0.15) is 5.75 Å². The number of hydrogen-bond acceptors (Lipinski definition) is 3. The lowest BCUT2D eigenvalue weighted by molar-refractivity contribution is -0.135. The van der Waals surface area contributed by atoms with Crippen LogP contribution < -0.4 is 4.74 Å². The summed E-state index contributed by atoms with van der Waals surface area (Å²) in [6.45, 7) is 4.34. The van der Waals surface area contributed by atoms with Gasteiger partial charge in [-0.25, -0.2) is 0 Å². The normalized spacial score (nSPS) is 19.5. The highest BCUT2D eigenvalue weighted by Crippen LogP contribution is 2.37. The molecule has 28 heavy (non-hydrogen) atoms. The monoisotopic (exact) mass is 379 g/mol. The molecule has 0 saturated carbocycles. The maximum atomic E-state index is 13.1. The molecule has 0 radical (unpaired) electrons. The standard InChI is InChI=1S/C24H29NO3/c1-17-5-3-4-6-19(17)16-28-20-11-13-25(14-12-20)24(26)22-10-8-18-7-9-21(27-2)15-23(18)22/h3-7,9,15,20,22H,8,10-14,16H2,1-2H3. The molecule has 1 amide bonds. The molecule has 2 aromatic rings. The molecule has 0 N–H and O–H groups in total. The molecular formula is C24H29NO3. The third-order valence-electron chi connectivity index (χ3n) is 6.22. The van der Waals surface area contributed by atoms with Gasteiger partial charge >= 0.3 is 0 Å². The summed E-state index contributed by atoms with van der Waals surface area (Å²) in [5.74, 6) is 1.08. The first kappa shape index (κ1) is 19.0. The molecular weight excluding hydrogens is 350 g/mol. The average Bonchev–Trinajstić information content (AvgIpc) is 3.16. The van der Waals surface area contributed by atoms with Gasteiger partial charge in [0.05, 0.1) is 25.7 Å². The molecule has 2 aliphatic rings. The first-order valence-corrected chi connectivity index (χ1v) is 10.3. The molecule has 4 nitrogen and oxygen atoms in total. The summed E-state index contributed by atoms with van der Waals surface area (Å²) in [7, 11) is 1.68. The Kier molecular flexibility index (Phi) is 5.67. The quantitative estimate of drug-likeness (QED) is 0.780. The maximum absolute atomic E-state index is 13.1. The second-order valence-corrected chi connectivity index (χ2v) is 7.92. The van der Waals surface area contributed by atoms with Crippen LogP contribution in [0.1, 0.15) is 47.4 Å². The topological polar surface area (TPSA) is 38.8 Å². The lowest BCUT2D eigenvalue weighted by atomic mass is 9.97. The number of fused-ring (bicyclic) bond motifs is 1. The molecule has 148 valence electrons. The number of aryl methyl sites for hydroxylation is 2. The highest BCUT2D eigenvalue weighted by atomic mass is 16.5. The lowest BCUT2D eigenvalue weighted by Crippen LogP contribution is -2.42. The van der Waals surface area contributed by atoms with Crippen molar-refractivity contribution >= 4 is 5.91 Å². The minimum atomic E-state index is -0.0189. The average molecular weight is 380 g/mol. The Labute approximate surface area is 167 Å².